The van der Waals surface area contributed by atoms with E-state index in [2.05, 4.69) is 16.4 Å². The van der Waals surface area contributed by atoms with Gasteiger partial charge in [0, 0.05) is 11.8 Å². The molecule has 0 saturated carbocycles. The first-order valence-electron chi connectivity index (χ1n) is 5.56. The zero-order chi connectivity index (χ0) is 13.9. The van der Waals surface area contributed by atoms with Crippen molar-refractivity contribution in [2.75, 3.05) is 12.0 Å². The van der Waals surface area contributed by atoms with Gasteiger partial charge in [0.2, 0.25) is 0 Å². The summed E-state index contributed by atoms with van der Waals surface area (Å²) in [7, 11) is -3.02. The molecule has 0 amide bonds. The van der Waals surface area contributed by atoms with Crippen molar-refractivity contribution < 1.29 is 8.42 Å². The molecular formula is C12H12N4O2S. The summed E-state index contributed by atoms with van der Waals surface area (Å²) in [5.74, 6) is 0.0219. The zero-order valence-corrected chi connectivity index (χ0v) is 11.1. The lowest BCUT2D eigenvalue weighted by molar-refractivity contribution is 0.579. The first-order valence-corrected chi connectivity index (χ1v) is 7.62. The Balaban J connectivity index is 2.19. The van der Waals surface area contributed by atoms with Crippen molar-refractivity contribution in [3.8, 4) is 17.3 Å². The smallest absolute Gasteiger partial charge is 0.149 e. The Hall–Kier alpha value is -2.20. The van der Waals surface area contributed by atoms with Gasteiger partial charge in [0.1, 0.15) is 15.5 Å². The summed E-state index contributed by atoms with van der Waals surface area (Å²) in [5.41, 5.74) is 1.94. The van der Waals surface area contributed by atoms with E-state index in [1.54, 1.807) is 24.4 Å². The van der Waals surface area contributed by atoms with Crippen LogP contribution in [0.5, 0.6) is 0 Å². The minimum absolute atomic E-state index is 0.0219. The summed E-state index contributed by atoms with van der Waals surface area (Å²) in [4.78, 5) is 0. The molecule has 0 aliphatic heterocycles. The van der Waals surface area contributed by atoms with Gasteiger partial charge in [0.25, 0.3) is 0 Å². The van der Waals surface area contributed by atoms with E-state index < -0.39 is 9.84 Å². The summed E-state index contributed by atoms with van der Waals surface area (Å²) >= 11 is 0. The number of aryl methyl sites for hydroxylation is 1. The Kier molecular flexibility index (Phi) is 3.62. The van der Waals surface area contributed by atoms with Gasteiger partial charge in [-0.3, -0.25) is 4.68 Å². The van der Waals surface area contributed by atoms with E-state index in [0.717, 1.165) is 5.56 Å². The van der Waals surface area contributed by atoms with Crippen LogP contribution >= 0.6 is 0 Å². The molecule has 98 valence electrons. The van der Waals surface area contributed by atoms with Crippen LogP contribution in [-0.4, -0.2) is 35.4 Å². The maximum atomic E-state index is 11.1. The minimum Gasteiger partial charge on any atom is -0.251 e. The average molecular weight is 276 g/mol. The van der Waals surface area contributed by atoms with Crippen LogP contribution in [0, 0.1) is 11.3 Å². The van der Waals surface area contributed by atoms with Gasteiger partial charge in [-0.15, -0.1) is 5.10 Å². The molecule has 0 radical (unpaired) electrons. The van der Waals surface area contributed by atoms with Gasteiger partial charge in [-0.2, -0.15) is 5.26 Å². The number of sulfone groups is 1. The molecule has 2 aromatic rings. The third kappa shape index (κ3) is 3.63. The molecule has 0 fully saturated rings. The molecule has 0 N–H and O–H groups in total. The quantitative estimate of drug-likeness (QED) is 0.826. The topological polar surface area (TPSA) is 88.6 Å². The average Bonchev–Trinajstić information content (AvgIpc) is 2.84. The fourth-order valence-electron chi connectivity index (χ4n) is 1.55. The van der Waals surface area contributed by atoms with E-state index >= 15 is 0 Å². The van der Waals surface area contributed by atoms with Crippen LogP contribution in [0.2, 0.25) is 0 Å². The van der Waals surface area contributed by atoms with Crippen LogP contribution in [-0.2, 0) is 16.4 Å². The largest absolute Gasteiger partial charge is 0.251 e. The minimum atomic E-state index is -3.02. The number of nitriles is 1. The maximum absolute atomic E-state index is 11.1. The highest BCUT2D eigenvalue weighted by Crippen LogP contribution is 2.17. The molecule has 0 unspecified atom stereocenters. The van der Waals surface area contributed by atoms with Gasteiger partial charge in [-0.25, -0.2) is 8.42 Å². The van der Waals surface area contributed by atoms with Crippen molar-refractivity contribution in [3.63, 3.8) is 0 Å². The van der Waals surface area contributed by atoms with E-state index in [0.29, 0.717) is 11.3 Å². The number of hydrogen-bond donors (Lipinski definition) is 0. The highest BCUT2D eigenvalue weighted by atomic mass is 32.2. The van der Waals surface area contributed by atoms with Crippen LogP contribution in [0.25, 0.3) is 11.3 Å². The van der Waals surface area contributed by atoms with Gasteiger partial charge < -0.3 is 0 Å². The van der Waals surface area contributed by atoms with Gasteiger partial charge >= 0.3 is 0 Å². The Morgan fingerprint density at radius 3 is 2.89 bits per heavy atom. The standard InChI is InChI=1S/C12H12N4O2S/c1-19(17,18)6-5-16-9-12(14-15-16)11-4-2-3-10(7-11)8-13/h2-4,7,9H,5-6H2,1H3. The Morgan fingerprint density at radius 1 is 1.42 bits per heavy atom. The summed E-state index contributed by atoms with van der Waals surface area (Å²) in [6.45, 7) is 0.268. The summed E-state index contributed by atoms with van der Waals surface area (Å²) in [6, 6.07) is 9.07. The van der Waals surface area contributed by atoms with E-state index in [1.807, 2.05) is 6.07 Å². The monoisotopic (exact) mass is 276 g/mol. The second kappa shape index (κ2) is 5.20. The first-order chi connectivity index (χ1) is 8.98. The number of rotatable bonds is 4. The Morgan fingerprint density at radius 2 is 2.21 bits per heavy atom. The molecule has 2 rings (SSSR count). The normalized spacial score (nSPS) is 11.2. The molecule has 1 aromatic carbocycles. The lowest BCUT2D eigenvalue weighted by Crippen LogP contribution is -2.11. The number of nitrogens with zero attached hydrogens (tertiary/aromatic N) is 4. The molecule has 0 atom stereocenters. The third-order valence-electron chi connectivity index (χ3n) is 2.52. The van der Waals surface area contributed by atoms with E-state index in [4.69, 9.17) is 5.26 Å². The first kappa shape index (κ1) is 13.2. The van der Waals surface area contributed by atoms with Crippen molar-refractivity contribution in [1.29, 1.82) is 5.26 Å². The van der Waals surface area contributed by atoms with Crippen molar-refractivity contribution in [2.24, 2.45) is 0 Å². The fraction of sp³-hybridized carbons (Fsp3) is 0.250. The molecule has 19 heavy (non-hydrogen) atoms. The Labute approximate surface area is 111 Å². The summed E-state index contributed by atoms with van der Waals surface area (Å²) in [6.07, 6.45) is 2.85. The predicted molar refractivity (Wildman–Crippen MR) is 69.9 cm³/mol. The Bertz CT molecular complexity index is 728. The predicted octanol–water partition coefficient (Wildman–Crippen LogP) is 0.861. The molecule has 0 saturated heterocycles. The summed E-state index contributed by atoms with van der Waals surface area (Å²) in [5, 5.41) is 16.7. The van der Waals surface area contributed by atoms with Gasteiger partial charge in [0.15, 0.2) is 0 Å². The van der Waals surface area contributed by atoms with Gasteiger partial charge in [-0.1, -0.05) is 17.3 Å². The molecule has 0 bridgehead atoms. The van der Waals surface area contributed by atoms with Crippen LogP contribution in [0.1, 0.15) is 5.56 Å². The molecule has 0 spiro atoms. The van der Waals surface area contributed by atoms with Crippen LogP contribution in [0.15, 0.2) is 30.5 Å². The molecule has 1 aromatic heterocycles. The zero-order valence-electron chi connectivity index (χ0n) is 10.3. The highest BCUT2D eigenvalue weighted by molar-refractivity contribution is 7.90. The molecule has 0 aliphatic carbocycles. The van der Waals surface area contributed by atoms with Gasteiger partial charge in [0.05, 0.1) is 30.1 Å². The lowest BCUT2D eigenvalue weighted by Gasteiger charge is -1.98. The van der Waals surface area contributed by atoms with E-state index in [9.17, 15) is 8.42 Å². The van der Waals surface area contributed by atoms with Crippen LogP contribution < -0.4 is 0 Å². The maximum Gasteiger partial charge on any atom is 0.149 e. The second-order valence-corrected chi connectivity index (χ2v) is 6.45. The number of hydrogen-bond acceptors (Lipinski definition) is 5. The SMILES string of the molecule is CS(=O)(=O)CCn1cc(-c2cccc(C#N)c2)nn1. The van der Waals surface area contributed by atoms with Crippen molar-refractivity contribution in [2.45, 2.75) is 6.54 Å². The molecule has 0 aliphatic rings. The molecule has 6 nitrogen and oxygen atoms in total. The fourth-order valence-corrected chi connectivity index (χ4v) is 2.07. The summed E-state index contributed by atoms with van der Waals surface area (Å²) < 4.78 is 23.6. The molecular weight excluding hydrogens is 264 g/mol. The molecule has 7 heteroatoms. The van der Waals surface area contributed by atoms with Crippen LogP contribution in [0.4, 0.5) is 0 Å². The van der Waals surface area contributed by atoms with Crippen molar-refractivity contribution >= 4 is 9.84 Å². The third-order valence-corrected chi connectivity index (χ3v) is 3.44. The van der Waals surface area contributed by atoms with E-state index in [1.165, 1.54) is 10.9 Å². The van der Waals surface area contributed by atoms with Crippen molar-refractivity contribution in [1.82, 2.24) is 15.0 Å². The molecule has 1 heterocycles. The van der Waals surface area contributed by atoms with Gasteiger partial charge in [-0.05, 0) is 12.1 Å². The lowest BCUT2D eigenvalue weighted by atomic mass is 10.1. The van der Waals surface area contributed by atoms with Crippen molar-refractivity contribution in [3.05, 3.63) is 36.0 Å². The number of benzene rings is 1. The number of aromatic nitrogens is 3. The van der Waals surface area contributed by atoms with E-state index in [-0.39, 0.29) is 12.3 Å². The highest BCUT2D eigenvalue weighted by Gasteiger charge is 2.07. The van der Waals surface area contributed by atoms with Crippen LogP contribution in [0.3, 0.4) is 0 Å². The second-order valence-electron chi connectivity index (χ2n) is 4.19.